The average Bonchev–Trinajstić information content (AvgIpc) is 2.99. The number of hydrogen-bond donors (Lipinski definition) is 1. The van der Waals surface area contributed by atoms with Gasteiger partial charge in [-0.1, -0.05) is 11.6 Å². The molecule has 1 unspecified atom stereocenters. The molecule has 1 saturated heterocycles. The molecule has 1 N–H and O–H groups in total. The van der Waals surface area contributed by atoms with Crippen LogP contribution in [0.4, 0.5) is 0 Å². The van der Waals surface area contributed by atoms with Gasteiger partial charge in [0.25, 0.3) is 0 Å². The minimum atomic E-state index is 0.00126. The van der Waals surface area contributed by atoms with Gasteiger partial charge in [-0.3, -0.25) is 0 Å². The zero-order valence-electron chi connectivity index (χ0n) is 11.8. The van der Waals surface area contributed by atoms with Gasteiger partial charge in [-0.15, -0.1) is 0 Å². The van der Waals surface area contributed by atoms with E-state index in [4.69, 9.17) is 11.6 Å². The average molecular weight is 437 g/mol. The maximum absolute atomic E-state index is 11.6. The van der Waals surface area contributed by atoms with Crippen LogP contribution < -0.4 is 5.43 Å². The molecular weight excluding hydrogens is 418 g/mol. The van der Waals surface area contributed by atoms with Crippen molar-refractivity contribution in [3.05, 3.63) is 34.9 Å². The molecule has 21 heavy (non-hydrogen) atoms. The summed E-state index contributed by atoms with van der Waals surface area (Å²) in [4.78, 5) is 12.6. The third-order valence-corrected chi connectivity index (χ3v) is 12.4. The quantitative estimate of drug-likeness (QED) is 0.303. The van der Waals surface area contributed by atoms with Crippen molar-refractivity contribution < 1.29 is 4.79 Å². The summed E-state index contributed by atoms with van der Waals surface area (Å²) < 4.78 is 0. The number of nitrogens with one attached hydrogen (secondary N) is 1. The van der Waals surface area contributed by atoms with Crippen molar-refractivity contribution in [1.29, 1.82) is 0 Å². The molecule has 1 atom stereocenters. The van der Waals surface area contributed by atoms with Crippen LogP contribution in [0.3, 0.4) is 0 Å². The summed E-state index contributed by atoms with van der Waals surface area (Å²) in [7, 11) is 0. The van der Waals surface area contributed by atoms with E-state index in [1.807, 2.05) is 12.1 Å². The second-order valence-corrected chi connectivity index (χ2v) is 13.2. The Hall–Kier alpha value is -0.311. The van der Waals surface area contributed by atoms with Gasteiger partial charge in [0.1, 0.15) is 0 Å². The van der Waals surface area contributed by atoms with Crippen LogP contribution in [0.2, 0.25) is 15.2 Å². The third-order valence-electron chi connectivity index (χ3n) is 3.18. The molecule has 6 heteroatoms. The van der Waals surface area contributed by atoms with E-state index in [2.05, 4.69) is 10.5 Å². The molecule has 0 saturated carbocycles. The number of halogens is 1. The van der Waals surface area contributed by atoms with Gasteiger partial charge in [-0.05, 0) is 0 Å². The molecule has 1 amide bonds. The fourth-order valence-electron chi connectivity index (χ4n) is 2.01. The summed E-state index contributed by atoms with van der Waals surface area (Å²) in [6.07, 6.45) is 7.12. The predicted molar refractivity (Wildman–Crippen MR) is 90.3 cm³/mol. The number of hydrazone groups is 1. The van der Waals surface area contributed by atoms with Gasteiger partial charge in [0.05, 0.1) is 0 Å². The molecule has 0 bridgehead atoms. The normalized spacial score (nSPS) is 18.2. The van der Waals surface area contributed by atoms with Gasteiger partial charge in [-0.25, -0.2) is 0 Å². The van der Waals surface area contributed by atoms with Crippen LogP contribution >= 0.6 is 11.6 Å². The monoisotopic (exact) mass is 438 g/mol. The first kappa shape index (κ1) is 17.0. The molecule has 0 spiro atoms. The molecule has 3 nitrogen and oxygen atoms in total. The Labute approximate surface area is 142 Å². The fraction of sp³-hybridized carbons (Fsp3) is 0.467. The minimum absolute atomic E-state index is 0.00126. The van der Waals surface area contributed by atoms with Gasteiger partial charge in [0, 0.05) is 5.02 Å². The Bertz CT molecular complexity index is 473. The molecular formula is C15H19ClN2OSe2. The van der Waals surface area contributed by atoms with Crippen LogP contribution in [0.5, 0.6) is 0 Å². The van der Waals surface area contributed by atoms with E-state index in [0.717, 1.165) is 43.1 Å². The predicted octanol–water partition coefficient (Wildman–Crippen LogP) is 3.28. The summed E-state index contributed by atoms with van der Waals surface area (Å²) in [5.41, 5.74) is 3.50. The molecule has 1 aromatic carbocycles. The molecule has 1 aliphatic rings. The number of rotatable bonds is 7. The van der Waals surface area contributed by atoms with Gasteiger partial charge in [0.2, 0.25) is 0 Å². The van der Waals surface area contributed by atoms with E-state index < -0.39 is 0 Å². The molecule has 1 heterocycles. The summed E-state index contributed by atoms with van der Waals surface area (Å²) in [5, 5.41) is 6.14. The van der Waals surface area contributed by atoms with Crippen molar-refractivity contribution in [2.75, 3.05) is 0 Å². The Balaban J connectivity index is 1.57. The fourth-order valence-corrected chi connectivity index (χ4v) is 11.6. The first-order valence-electron chi connectivity index (χ1n) is 7.10. The number of carbonyl (C=O) groups is 1. The third kappa shape index (κ3) is 6.99. The topological polar surface area (TPSA) is 41.5 Å². The van der Waals surface area contributed by atoms with E-state index in [9.17, 15) is 4.79 Å². The molecule has 0 aliphatic carbocycles. The molecule has 1 aliphatic heterocycles. The van der Waals surface area contributed by atoms with E-state index in [1.54, 1.807) is 18.3 Å². The number of amides is 1. The van der Waals surface area contributed by atoms with Crippen LogP contribution in [0.1, 0.15) is 37.7 Å². The molecule has 1 fully saturated rings. The number of unbranched alkanes of at least 4 members (excludes halogenated alkanes) is 1. The SMILES string of the molecule is O=C(CCCCC1CC[Se][Se]1)N/N=C/c1ccc(Cl)cc1. The van der Waals surface area contributed by atoms with Crippen molar-refractivity contribution >= 4 is 50.0 Å². The summed E-state index contributed by atoms with van der Waals surface area (Å²) in [6.45, 7) is 0. The molecule has 0 radical (unpaired) electrons. The number of carbonyl (C=O) groups excluding carboxylic acids is 1. The van der Waals surface area contributed by atoms with Crippen molar-refractivity contribution in [3.63, 3.8) is 0 Å². The Morgan fingerprint density at radius 1 is 1.38 bits per heavy atom. The Morgan fingerprint density at radius 2 is 2.19 bits per heavy atom. The van der Waals surface area contributed by atoms with Gasteiger partial charge < -0.3 is 0 Å². The first-order chi connectivity index (χ1) is 10.2. The van der Waals surface area contributed by atoms with E-state index >= 15 is 0 Å². The van der Waals surface area contributed by atoms with Crippen molar-refractivity contribution in [2.45, 2.75) is 42.2 Å². The van der Waals surface area contributed by atoms with Crippen LogP contribution in [-0.2, 0) is 4.79 Å². The maximum atomic E-state index is 11.6. The summed E-state index contributed by atoms with van der Waals surface area (Å²) >= 11 is 7.69. The Kier molecular flexibility index (Phi) is 7.84. The second-order valence-electron chi connectivity index (χ2n) is 4.92. The van der Waals surface area contributed by atoms with Crippen LogP contribution in [0.25, 0.3) is 0 Å². The second kappa shape index (κ2) is 9.65. The van der Waals surface area contributed by atoms with Crippen LogP contribution in [0, 0.1) is 0 Å². The van der Waals surface area contributed by atoms with Crippen molar-refractivity contribution in [3.8, 4) is 0 Å². The van der Waals surface area contributed by atoms with E-state index in [-0.39, 0.29) is 5.91 Å². The standard InChI is InChI=1S/C15H19ClN2OSe2/c16-13-7-5-12(6-8-13)11-17-18-15(19)4-2-1-3-14-9-10-20-21-14/h5-8,11,14H,1-4,9-10H2,(H,18,19)/b17-11+. The molecule has 2 rings (SSSR count). The summed E-state index contributed by atoms with van der Waals surface area (Å²) in [5.74, 6) is 0.00126. The summed E-state index contributed by atoms with van der Waals surface area (Å²) in [6, 6.07) is 7.33. The zero-order chi connectivity index (χ0) is 14.9. The first-order valence-corrected chi connectivity index (χ1v) is 14.0. The molecule has 1 aromatic rings. The number of hydrogen-bond acceptors (Lipinski definition) is 2. The van der Waals surface area contributed by atoms with Crippen LogP contribution in [-0.4, -0.2) is 38.4 Å². The van der Waals surface area contributed by atoms with Gasteiger partial charge >= 0.3 is 126 Å². The van der Waals surface area contributed by atoms with Crippen molar-refractivity contribution in [1.82, 2.24) is 5.43 Å². The molecule has 114 valence electrons. The number of nitrogens with zero attached hydrogens (tertiary/aromatic N) is 1. The van der Waals surface area contributed by atoms with Crippen LogP contribution in [0.15, 0.2) is 29.4 Å². The van der Waals surface area contributed by atoms with Gasteiger partial charge in [-0.2, -0.15) is 0 Å². The zero-order valence-corrected chi connectivity index (χ0v) is 15.9. The number of benzene rings is 1. The Morgan fingerprint density at radius 3 is 2.90 bits per heavy atom. The van der Waals surface area contributed by atoms with E-state index in [1.165, 1.54) is 24.6 Å². The van der Waals surface area contributed by atoms with Gasteiger partial charge in [0.15, 0.2) is 0 Å². The van der Waals surface area contributed by atoms with Crippen molar-refractivity contribution in [2.24, 2.45) is 5.10 Å². The molecule has 0 aromatic heterocycles. The van der Waals surface area contributed by atoms with E-state index in [0.29, 0.717) is 11.4 Å².